The van der Waals surface area contributed by atoms with Crippen molar-refractivity contribution in [3.05, 3.63) is 48.0 Å². The molecule has 1 heterocycles. The Labute approximate surface area is 131 Å². The number of hydrogen-bond donors (Lipinski definition) is 0. The molecule has 4 aliphatic rings. The molecule has 22 heavy (non-hydrogen) atoms. The zero-order valence-electron chi connectivity index (χ0n) is 12.8. The predicted molar refractivity (Wildman–Crippen MR) is 84.3 cm³/mol. The molecule has 2 bridgehead atoms. The van der Waals surface area contributed by atoms with Gasteiger partial charge in [0.25, 0.3) is 0 Å². The van der Waals surface area contributed by atoms with Crippen molar-refractivity contribution in [2.45, 2.75) is 43.6 Å². The van der Waals surface area contributed by atoms with Gasteiger partial charge in [-0.3, -0.25) is 4.79 Å². The molecule has 3 fully saturated rings. The van der Waals surface area contributed by atoms with Crippen molar-refractivity contribution >= 4 is 5.97 Å². The average Bonchev–Trinajstić information content (AvgIpc) is 3.05. The van der Waals surface area contributed by atoms with Crippen molar-refractivity contribution < 1.29 is 9.53 Å². The van der Waals surface area contributed by atoms with E-state index in [0.717, 1.165) is 19.3 Å². The van der Waals surface area contributed by atoms with Crippen molar-refractivity contribution in [1.29, 1.82) is 0 Å². The predicted octanol–water partition coefficient (Wildman–Crippen LogP) is 3.86. The van der Waals surface area contributed by atoms with Crippen LogP contribution < -0.4 is 0 Å². The summed E-state index contributed by atoms with van der Waals surface area (Å²) < 4.78 is 6.10. The van der Waals surface area contributed by atoms with Gasteiger partial charge in [0.1, 0.15) is 5.60 Å². The lowest BCUT2D eigenvalue weighted by molar-refractivity contribution is -0.154. The molecule has 0 unspecified atom stereocenters. The molecule has 0 aromatic heterocycles. The monoisotopic (exact) mass is 294 g/mol. The second kappa shape index (κ2) is 4.24. The number of fused-ring (bicyclic) bond motifs is 6. The molecule has 0 N–H and O–H groups in total. The molecule has 5 rings (SSSR count). The van der Waals surface area contributed by atoms with Crippen molar-refractivity contribution in [2.24, 2.45) is 23.7 Å². The first-order chi connectivity index (χ1) is 10.7. The Morgan fingerprint density at radius 3 is 2.95 bits per heavy atom. The number of carbonyl (C=O) groups is 1. The minimum Gasteiger partial charge on any atom is -0.458 e. The van der Waals surface area contributed by atoms with E-state index in [0.29, 0.717) is 23.7 Å². The van der Waals surface area contributed by atoms with Gasteiger partial charge in [-0.05, 0) is 42.7 Å². The first kappa shape index (κ1) is 12.9. The van der Waals surface area contributed by atoms with Crippen molar-refractivity contribution in [3.63, 3.8) is 0 Å². The minimum absolute atomic E-state index is 0.0583. The van der Waals surface area contributed by atoms with Gasteiger partial charge < -0.3 is 4.74 Å². The maximum absolute atomic E-state index is 12.7. The van der Waals surface area contributed by atoms with E-state index in [4.69, 9.17) is 4.74 Å². The Kier molecular flexibility index (Phi) is 2.49. The summed E-state index contributed by atoms with van der Waals surface area (Å²) in [5, 5.41) is 0. The Hall–Kier alpha value is -1.57. The molecule has 1 aliphatic heterocycles. The highest BCUT2D eigenvalue weighted by molar-refractivity contribution is 5.78. The molecule has 6 atom stereocenters. The first-order valence-electron chi connectivity index (χ1n) is 8.68. The zero-order valence-corrected chi connectivity index (χ0v) is 12.8. The lowest BCUT2D eigenvalue weighted by atomic mass is 9.56. The SMILES string of the molecule is C=C[C@H]1CC[C@@H]2[C@H]3CCc4ccccc4[C@@H]3[C@@H]3C[C@@]21OC3=O. The smallest absolute Gasteiger partial charge is 0.310 e. The van der Waals surface area contributed by atoms with Crippen molar-refractivity contribution in [2.75, 3.05) is 0 Å². The molecule has 2 saturated carbocycles. The summed E-state index contributed by atoms with van der Waals surface area (Å²) in [4.78, 5) is 12.7. The van der Waals surface area contributed by atoms with Crippen molar-refractivity contribution in [1.82, 2.24) is 0 Å². The Bertz CT molecular complexity index is 663. The fourth-order valence-electron chi connectivity index (χ4n) is 6.26. The van der Waals surface area contributed by atoms with Crippen LogP contribution in [0, 0.1) is 23.7 Å². The van der Waals surface area contributed by atoms with Gasteiger partial charge in [0.2, 0.25) is 0 Å². The molecule has 1 saturated heterocycles. The second-order valence-corrected chi connectivity index (χ2v) is 7.64. The van der Waals surface area contributed by atoms with Gasteiger partial charge >= 0.3 is 5.97 Å². The maximum atomic E-state index is 12.7. The van der Waals surface area contributed by atoms with Gasteiger partial charge in [0.15, 0.2) is 0 Å². The van der Waals surface area contributed by atoms with E-state index in [1.165, 1.54) is 24.0 Å². The highest BCUT2D eigenvalue weighted by Gasteiger charge is 2.67. The quantitative estimate of drug-likeness (QED) is 0.581. The second-order valence-electron chi connectivity index (χ2n) is 7.64. The van der Waals surface area contributed by atoms with Crippen LogP contribution in [0.25, 0.3) is 0 Å². The third-order valence-corrected chi connectivity index (χ3v) is 7.03. The number of carbonyl (C=O) groups excluding carboxylic acids is 1. The molecular weight excluding hydrogens is 272 g/mol. The Balaban J connectivity index is 1.66. The number of benzene rings is 1. The van der Waals surface area contributed by atoms with Crippen LogP contribution in [0.4, 0.5) is 0 Å². The molecule has 1 aromatic rings. The summed E-state index contributed by atoms with van der Waals surface area (Å²) >= 11 is 0. The number of aryl methyl sites for hydroxylation is 1. The summed E-state index contributed by atoms with van der Waals surface area (Å²) in [6.45, 7) is 4.02. The molecule has 2 nitrogen and oxygen atoms in total. The third-order valence-electron chi connectivity index (χ3n) is 7.03. The largest absolute Gasteiger partial charge is 0.458 e. The molecular formula is C20H22O2. The fourth-order valence-corrected chi connectivity index (χ4v) is 6.26. The molecule has 1 aromatic carbocycles. The van der Waals surface area contributed by atoms with Gasteiger partial charge in [-0.25, -0.2) is 0 Å². The highest BCUT2D eigenvalue weighted by atomic mass is 16.6. The van der Waals surface area contributed by atoms with Gasteiger partial charge in [-0.2, -0.15) is 0 Å². The van der Waals surface area contributed by atoms with E-state index in [-0.39, 0.29) is 17.5 Å². The minimum atomic E-state index is -0.211. The number of rotatable bonds is 1. The van der Waals surface area contributed by atoms with Crippen LogP contribution in [0.1, 0.15) is 42.7 Å². The number of esters is 1. The third kappa shape index (κ3) is 1.39. The number of hydrogen-bond acceptors (Lipinski definition) is 2. The lowest BCUT2D eigenvalue weighted by Gasteiger charge is -2.47. The molecule has 114 valence electrons. The van der Waals surface area contributed by atoms with Crippen LogP contribution in [0.15, 0.2) is 36.9 Å². The van der Waals surface area contributed by atoms with E-state index >= 15 is 0 Å². The summed E-state index contributed by atoms with van der Waals surface area (Å²) in [6, 6.07) is 8.76. The molecule has 0 amide bonds. The molecule has 3 aliphatic carbocycles. The summed E-state index contributed by atoms with van der Waals surface area (Å²) in [5.74, 6) is 2.04. The molecule has 1 spiro atoms. The summed E-state index contributed by atoms with van der Waals surface area (Å²) in [5.41, 5.74) is 2.67. The van der Waals surface area contributed by atoms with E-state index in [1.807, 2.05) is 6.08 Å². The van der Waals surface area contributed by atoms with Gasteiger partial charge in [0, 0.05) is 24.2 Å². The molecule has 2 heteroatoms. The van der Waals surface area contributed by atoms with Crippen LogP contribution in [-0.2, 0) is 16.0 Å². The molecule has 0 radical (unpaired) electrons. The maximum Gasteiger partial charge on any atom is 0.310 e. The van der Waals surface area contributed by atoms with Gasteiger partial charge in [-0.15, -0.1) is 6.58 Å². The first-order valence-corrected chi connectivity index (χ1v) is 8.68. The van der Waals surface area contributed by atoms with Crippen LogP contribution in [0.5, 0.6) is 0 Å². The van der Waals surface area contributed by atoms with Crippen molar-refractivity contribution in [3.8, 4) is 0 Å². The fraction of sp³-hybridized carbons (Fsp3) is 0.550. The Morgan fingerprint density at radius 1 is 1.23 bits per heavy atom. The van der Waals surface area contributed by atoms with E-state index in [1.54, 1.807) is 0 Å². The normalized spacial score (nSPS) is 44.7. The Morgan fingerprint density at radius 2 is 2.09 bits per heavy atom. The van der Waals surface area contributed by atoms with Crippen LogP contribution in [0.2, 0.25) is 0 Å². The van der Waals surface area contributed by atoms with Gasteiger partial charge in [-0.1, -0.05) is 30.3 Å². The standard InChI is InChI=1S/C20H22O2/c1-2-13-8-10-17-15-9-7-12-5-3-4-6-14(12)18(15)16-11-20(13,17)22-19(16)21/h2-6,13,15-18H,1,7-11H2/t13-,15+,16-,17+,18-,20-/m0/s1. The lowest BCUT2D eigenvalue weighted by Crippen LogP contribution is -2.48. The van der Waals surface area contributed by atoms with E-state index in [9.17, 15) is 4.79 Å². The van der Waals surface area contributed by atoms with Crippen LogP contribution >= 0.6 is 0 Å². The van der Waals surface area contributed by atoms with E-state index in [2.05, 4.69) is 30.8 Å². The highest BCUT2D eigenvalue weighted by Crippen LogP contribution is 2.65. The summed E-state index contributed by atoms with van der Waals surface area (Å²) in [7, 11) is 0. The van der Waals surface area contributed by atoms with Gasteiger partial charge in [0.05, 0.1) is 5.92 Å². The summed E-state index contributed by atoms with van der Waals surface area (Å²) in [6.07, 6.45) is 7.67. The topological polar surface area (TPSA) is 26.3 Å². The number of ether oxygens (including phenoxy) is 1. The average molecular weight is 294 g/mol. The van der Waals surface area contributed by atoms with E-state index < -0.39 is 0 Å². The van der Waals surface area contributed by atoms with Crippen LogP contribution in [0.3, 0.4) is 0 Å². The van der Waals surface area contributed by atoms with Crippen LogP contribution in [-0.4, -0.2) is 11.6 Å². The zero-order chi connectivity index (χ0) is 14.9.